The first kappa shape index (κ1) is 10.9. The summed E-state index contributed by atoms with van der Waals surface area (Å²) in [4.78, 5) is 0. The molecule has 1 heteroatoms. The number of allylic oxidation sites excluding steroid dienone is 1. The van der Waals surface area contributed by atoms with Gasteiger partial charge in [-0.2, -0.15) is 0 Å². The van der Waals surface area contributed by atoms with E-state index >= 15 is 0 Å². The highest BCUT2D eigenvalue weighted by atomic mass is 16.5. The van der Waals surface area contributed by atoms with Crippen molar-refractivity contribution in [3.05, 3.63) is 70.8 Å². The Morgan fingerprint density at radius 3 is 1.95 bits per heavy atom. The summed E-state index contributed by atoms with van der Waals surface area (Å²) >= 11 is 0. The first-order chi connectivity index (χ1) is 9.95. The lowest BCUT2D eigenvalue weighted by Crippen LogP contribution is -1.98. The first-order valence-electron chi connectivity index (χ1n) is 7.43. The van der Waals surface area contributed by atoms with Gasteiger partial charge in [-0.15, -0.1) is 0 Å². The molecule has 2 aromatic rings. The Kier molecular flexibility index (Phi) is 2.08. The molecule has 1 saturated heterocycles. The lowest BCUT2D eigenvalue weighted by molar-refractivity contribution is 0.204. The standard InChI is InChI=1S/C19H16O/c1-3-7-15-13(5-1)14-6-2-4-8-16(14)19-17(18(15)19)12-9-10-20-11-12/h1-8,18-19H,9-11H2/t18-,19+. The molecule has 0 N–H and O–H groups in total. The van der Waals surface area contributed by atoms with Gasteiger partial charge in [0.25, 0.3) is 0 Å². The monoisotopic (exact) mass is 260 g/mol. The number of fused-ring (bicyclic) bond motifs is 6. The van der Waals surface area contributed by atoms with Crippen LogP contribution in [0.15, 0.2) is 59.7 Å². The van der Waals surface area contributed by atoms with Crippen LogP contribution in [0.2, 0.25) is 0 Å². The molecule has 5 rings (SSSR count). The first-order valence-corrected chi connectivity index (χ1v) is 7.43. The lowest BCUT2D eigenvalue weighted by atomic mass is 9.86. The molecular formula is C19H16O. The van der Waals surface area contributed by atoms with Gasteiger partial charge < -0.3 is 4.74 Å². The molecule has 2 aromatic carbocycles. The Balaban J connectivity index is 1.78. The van der Waals surface area contributed by atoms with Gasteiger partial charge in [0.15, 0.2) is 0 Å². The zero-order valence-corrected chi connectivity index (χ0v) is 11.3. The predicted molar refractivity (Wildman–Crippen MR) is 79.8 cm³/mol. The molecule has 2 atom stereocenters. The van der Waals surface area contributed by atoms with E-state index in [1.807, 2.05) is 0 Å². The van der Waals surface area contributed by atoms with Crippen molar-refractivity contribution < 1.29 is 4.74 Å². The highest BCUT2D eigenvalue weighted by Crippen LogP contribution is 2.67. The summed E-state index contributed by atoms with van der Waals surface area (Å²) in [6, 6.07) is 17.8. The Bertz CT molecular complexity index is 679. The summed E-state index contributed by atoms with van der Waals surface area (Å²) in [5.74, 6) is 1.25. The smallest absolute Gasteiger partial charge is 0.0680 e. The van der Waals surface area contributed by atoms with E-state index < -0.39 is 0 Å². The van der Waals surface area contributed by atoms with Crippen molar-refractivity contribution in [2.24, 2.45) is 0 Å². The molecule has 1 aliphatic heterocycles. The van der Waals surface area contributed by atoms with Crippen molar-refractivity contribution in [1.29, 1.82) is 0 Å². The van der Waals surface area contributed by atoms with Crippen LogP contribution in [-0.4, -0.2) is 13.2 Å². The van der Waals surface area contributed by atoms with Crippen molar-refractivity contribution in [1.82, 2.24) is 0 Å². The van der Waals surface area contributed by atoms with Crippen LogP contribution in [0, 0.1) is 0 Å². The average molecular weight is 260 g/mol. The minimum Gasteiger partial charge on any atom is -0.377 e. The van der Waals surface area contributed by atoms with E-state index in [4.69, 9.17) is 4.74 Å². The largest absolute Gasteiger partial charge is 0.377 e. The highest BCUT2D eigenvalue weighted by molar-refractivity contribution is 5.82. The Labute approximate surface area is 118 Å². The van der Waals surface area contributed by atoms with Crippen LogP contribution in [0.4, 0.5) is 0 Å². The van der Waals surface area contributed by atoms with Crippen LogP contribution in [0.1, 0.15) is 29.4 Å². The topological polar surface area (TPSA) is 9.23 Å². The van der Waals surface area contributed by atoms with Crippen molar-refractivity contribution in [2.45, 2.75) is 18.3 Å². The van der Waals surface area contributed by atoms with Crippen LogP contribution >= 0.6 is 0 Å². The van der Waals surface area contributed by atoms with Gasteiger partial charge in [0.05, 0.1) is 13.2 Å². The maximum absolute atomic E-state index is 5.58. The third kappa shape index (κ3) is 1.31. The molecule has 3 aliphatic rings. The third-order valence-electron chi connectivity index (χ3n) is 5.01. The summed E-state index contributed by atoms with van der Waals surface area (Å²) in [5, 5.41) is 0. The fourth-order valence-corrected chi connectivity index (χ4v) is 4.11. The van der Waals surface area contributed by atoms with E-state index in [9.17, 15) is 0 Å². The summed E-state index contributed by atoms with van der Waals surface area (Å²) in [5.41, 5.74) is 9.11. The van der Waals surface area contributed by atoms with Gasteiger partial charge in [0, 0.05) is 11.8 Å². The van der Waals surface area contributed by atoms with Crippen molar-refractivity contribution in [3.63, 3.8) is 0 Å². The second kappa shape index (κ2) is 3.83. The minimum absolute atomic E-state index is 0.623. The van der Waals surface area contributed by atoms with Crippen LogP contribution in [-0.2, 0) is 4.74 Å². The molecule has 0 amide bonds. The Morgan fingerprint density at radius 1 is 0.800 bits per heavy atom. The molecule has 0 unspecified atom stereocenters. The molecule has 98 valence electrons. The molecule has 1 saturated carbocycles. The number of hydrogen-bond acceptors (Lipinski definition) is 1. The molecular weight excluding hydrogens is 244 g/mol. The molecule has 1 nitrogen and oxygen atoms in total. The van der Waals surface area contributed by atoms with E-state index in [1.54, 1.807) is 11.1 Å². The van der Waals surface area contributed by atoms with Gasteiger partial charge in [-0.05, 0) is 34.2 Å². The van der Waals surface area contributed by atoms with Crippen LogP contribution in [0.3, 0.4) is 0 Å². The van der Waals surface area contributed by atoms with Crippen molar-refractivity contribution in [2.75, 3.05) is 13.2 Å². The number of hydrogen-bond donors (Lipinski definition) is 0. The fraction of sp³-hybridized carbons (Fsp3) is 0.263. The van der Waals surface area contributed by atoms with Gasteiger partial charge in [-0.1, -0.05) is 54.1 Å². The normalized spacial score (nSPS) is 29.6. The number of benzene rings is 2. The molecule has 1 heterocycles. The third-order valence-corrected chi connectivity index (χ3v) is 5.01. The number of rotatable bonds is 0. The number of ether oxygens (including phenoxy) is 1. The van der Waals surface area contributed by atoms with E-state index in [-0.39, 0.29) is 0 Å². The summed E-state index contributed by atoms with van der Waals surface area (Å²) in [6.45, 7) is 1.76. The van der Waals surface area contributed by atoms with Crippen LogP contribution in [0.5, 0.6) is 0 Å². The second-order valence-corrected chi connectivity index (χ2v) is 5.99. The highest BCUT2D eigenvalue weighted by Gasteiger charge is 2.52. The fourth-order valence-electron chi connectivity index (χ4n) is 4.11. The molecule has 2 aliphatic carbocycles. The molecule has 20 heavy (non-hydrogen) atoms. The second-order valence-electron chi connectivity index (χ2n) is 5.99. The summed E-state index contributed by atoms with van der Waals surface area (Å²) in [7, 11) is 0. The van der Waals surface area contributed by atoms with Crippen LogP contribution < -0.4 is 0 Å². The van der Waals surface area contributed by atoms with Gasteiger partial charge in [-0.3, -0.25) is 0 Å². The zero-order valence-electron chi connectivity index (χ0n) is 11.3. The van der Waals surface area contributed by atoms with Gasteiger partial charge in [0.2, 0.25) is 0 Å². The van der Waals surface area contributed by atoms with Crippen molar-refractivity contribution in [3.8, 4) is 11.1 Å². The van der Waals surface area contributed by atoms with Gasteiger partial charge >= 0.3 is 0 Å². The molecule has 2 fully saturated rings. The zero-order chi connectivity index (χ0) is 13.1. The van der Waals surface area contributed by atoms with Gasteiger partial charge in [0.1, 0.15) is 0 Å². The van der Waals surface area contributed by atoms with E-state index in [1.165, 1.54) is 22.3 Å². The predicted octanol–water partition coefficient (Wildman–Crippen LogP) is 4.26. The minimum atomic E-state index is 0.623. The van der Waals surface area contributed by atoms with Crippen LogP contribution in [0.25, 0.3) is 11.1 Å². The summed E-state index contributed by atoms with van der Waals surface area (Å²) < 4.78 is 5.58. The Hall–Kier alpha value is -1.86. The molecule has 0 spiro atoms. The molecule has 0 radical (unpaired) electrons. The van der Waals surface area contributed by atoms with E-state index in [2.05, 4.69) is 48.5 Å². The molecule has 0 aromatic heterocycles. The van der Waals surface area contributed by atoms with E-state index in [0.717, 1.165) is 19.6 Å². The average Bonchev–Trinajstić information content (AvgIpc) is 3.03. The summed E-state index contributed by atoms with van der Waals surface area (Å²) in [6.07, 6.45) is 1.13. The Morgan fingerprint density at radius 2 is 1.40 bits per heavy atom. The molecule has 0 bridgehead atoms. The van der Waals surface area contributed by atoms with Crippen molar-refractivity contribution >= 4 is 0 Å². The maximum atomic E-state index is 5.58. The maximum Gasteiger partial charge on any atom is 0.0680 e. The lowest BCUT2D eigenvalue weighted by Gasteiger charge is -2.18. The van der Waals surface area contributed by atoms with Gasteiger partial charge in [-0.25, -0.2) is 0 Å². The quantitative estimate of drug-likeness (QED) is 0.643. The van der Waals surface area contributed by atoms with E-state index in [0.29, 0.717) is 11.8 Å². The SMILES string of the molecule is c1ccc2c(c1)-c1ccccc1[C@@H]1C(=C3CCOC3)[C@H]21.